The number of nitrogens with zero attached hydrogens (tertiary/aromatic N) is 2. The minimum absolute atomic E-state index is 0.118. The van der Waals surface area contributed by atoms with Gasteiger partial charge in [-0.2, -0.15) is 0 Å². The van der Waals surface area contributed by atoms with Crippen molar-refractivity contribution in [1.29, 1.82) is 0 Å². The second-order valence-corrected chi connectivity index (χ2v) is 8.42. The number of carbonyl (C=O) groups excluding carboxylic acids is 2. The fourth-order valence-electron chi connectivity index (χ4n) is 4.63. The Morgan fingerprint density at radius 3 is 2.50 bits per heavy atom. The molecular weight excluding hydrogens is 386 g/mol. The van der Waals surface area contributed by atoms with Crippen molar-refractivity contribution in [2.75, 3.05) is 51.9 Å². The number of hydrogen-bond donors (Lipinski definition) is 1. The number of fused-ring (bicyclic) bond motifs is 1. The second kappa shape index (κ2) is 9.12. The maximum atomic E-state index is 12.9. The summed E-state index contributed by atoms with van der Waals surface area (Å²) >= 11 is 0. The topological polar surface area (TPSA) is 80.3 Å². The van der Waals surface area contributed by atoms with Crippen LogP contribution in [0.4, 0.5) is 5.69 Å². The van der Waals surface area contributed by atoms with Gasteiger partial charge in [-0.1, -0.05) is 19.8 Å². The first-order valence-electron chi connectivity index (χ1n) is 10.8. The summed E-state index contributed by atoms with van der Waals surface area (Å²) in [6.45, 7) is 5.42. The Kier molecular flexibility index (Phi) is 6.32. The Morgan fingerprint density at radius 1 is 1.10 bits per heavy atom. The molecule has 30 heavy (non-hydrogen) atoms. The Bertz CT molecular complexity index is 791. The molecule has 4 rings (SSSR count). The monoisotopic (exact) mass is 417 g/mol. The Hall–Kier alpha value is -2.48. The van der Waals surface area contributed by atoms with E-state index < -0.39 is 0 Å². The van der Waals surface area contributed by atoms with Gasteiger partial charge < -0.3 is 24.4 Å². The van der Waals surface area contributed by atoms with Crippen LogP contribution in [0.3, 0.4) is 0 Å². The lowest BCUT2D eigenvalue weighted by Gasteiger charge is -2.38. The molecule has 2 fully saturated rings. The number of hydrogen-bond acceptors (Lipinski definition) is 6. The lowest BCUT2D eigenvalue weighted by atomic mass is 9.79. The first-order valence-corrected chi connectivity index (χ1v) is 10.8. The zero-order valence-electron chi connectivity index (χ0n) is 17.8. The first-order chi connectivity index (χ1) is 14.5. The fraction of sp³-hybridized carbons (Fsp3) is 0.636. The van der Waals surface area contributed by atoms with Gasteiger partial charge in [-0.05, 0) is 18.8 Å². The van der Waals surface area contributed by atoms with Crippen LogP contribution in [0.15, 0.2) is 12.1 Å². The van der Waals surface area contributed by atoms with E-state index in [-0.39, 0.29) is 25.2 Å². The zero-order valence-corrected chi connectivity index (χ0v) is 17.8. The second-order valence-electron chi connectivity index (χ2n) is 8.42. The van der Waals surface area contributed by atoms with Crippen molar-refractivity contribution in [3.8, 4) is 17.2 Å². The largest absolute Gasteiger partial charge is 0.494 e. The molecule has 2 unspecified atom stereocenters. The van der Waals surface area contributed by atoms with Gasteiger partial charge in [-0.25, -0.2) is 0 Å². The highest BCUT2D eigenvalue weighted by atomic mass is 16.7. The number of benzene rings is 1. The summed E-state index contributed by atoms with van der Waals surface area (Å²) in [6, 6.07) is 3.44. The van der Waals surface area contributed by atoms with E-state index in [2.05, 4.69) is 17.1 Å². The minimum Gasteiger partial charge on any atom is -0.494 e. The smallest absolute Gasteiger partial charge is 0.238 e. The molecule has 3 aliphatic rings. The zero-order chi connectivity index (χ0) is 21.1. The van der Waals surface area contributed by atoms with Crippen LogP contribution < -0.4 is 19.5 Å². The molecule has 8 heteroatoms. The predicted molar refractivity (Wildman–Crippen MR) is 112 cm³/mol. The van der Waals surface area contributed by atoms with Crippen LogP contribution in [-0.4, -0.2) is 68.2 Å². The average Bonchev–Trinajstić information content (AvgIpc) is 3.21. The van der Waals surface area contributed by atoms with Crippen molar-refractivity contribution in [2.45, 2.75) is 32.6 Å². The van der Waals surface area contributed by atoms with Crippen LogP contribution in [0, 0.1) is 11.8 Å². The number of amides is 2. The van der Waals surface area contributed by atoms with Crippen molar-refractivity contribution in [2.24, 2.45) is 11.8 Å². The molecule has 1 saturated heterocycles. The van der Waals surface area contributed by atoms with Crippen molar-refractivity contribution < 1.29 is 23.8 Å². The third-order valence-corrected chi connectivity index (χ3v) is 6.45. The van der Waals surface area contributed by atoms with Crippen LogP contribution in [-0.2, 0) is 9.59 Å². The normalized spacial score (nSPS) is 23.9. The molecule has 0 aromatic heterocycles. The number of rotatable bonds is 5. The summed E-state index contributed by atoms with van der Waals surface area (Å²) in [4.78, 5) is 29.6. The van der Waals surface area contributed by atoms with Gasteiger partial charge in [0, 0.05) is 44.2 Å². The number of anilines is 1. The third-order valence-electron chi connectivity index (χ3n) is 6.45. The maximum absolute atomic E-state index is 12.9. The molecular formula is C22H31N3O5. The van der Waals surface area contributed by atoms with E-state index in [1.54, 1.807) is 19.2 Å². The molecule has 1 saturated carbocycles. The van der Waals surface area contributed by atoms with Gasteiger partial charge in [0.15, 0.2) is 11.5 Å². The van der Waals surface area contributed by atoms with Gasteiger partial charge >= 0.3 is 0 Å². The quantitative estimate of drug-likeness (QED) is 0.792. The molecule has 2 heterocycles. The fourth-order valence-corrected chi connectivity index (χ4v) is 4.63. The van der Waals surface area contributed by atoms with Crippen LogP contribution >= 0.6 is 0 Å². The molecule has 1 aromatic rings. The van der Waals surface area contributed by atoms with Crippen LogP contribution in [0.1, 0.15) is 32.6 Å². The molecule has 1 aromatic carbocycles. The Morgan fingerprint density at radius 2 is 1.80 bits per heavy atom. The van der Waals surface area contributed by atoms with E-state index in [1.165, 1.54) is 6.42 Å². The van der Waals surface area contributed by atoms with Crippen LogP contribution in [0.2, 0.25) is 0 Å². The van der Waals surface area contributed by atoms with Gasteiger partial charge in [0.2, 0.25) is 18.6 Å². The standard InChI is InChI=1S/C22H31N3O5/c1-15-5-3-4-6-16(15)22(27)25-9-7-24(8-10-25)13-21(26)23-17-11-19-20(30-14-29-19)12-18(17)28-2/h11-12,15-16H,3-10,13-14H2,1-2H3,(H,23,26). The number of ether oxygens (including phenoxy) is 3. The highest BCUT2D eigenvalue weighted by molar-refractivity contribution is 5.94. The Balaban J connectivity index is 1.28. The lowest BCUT2D eigenvalue weighted by molar-refractivity contribution is -0.140. The first kappa shape index (κ1) is 20.8. The third kappa shape index (κ3) is 4.48. The molecule has 1 N–H and O–H groups in total. The van der Waals surface area contributed by atoms with Crippen LogP contribution in [0.25, 0.3) is 0 Å². The average molecular weight is 418 g/mol. The van der Waals surface area contributed by atoms with E-state index in [0.717, 1.165) is 19.3 Å². The molecule has 0 radical (unpaired) electrons. The van der Waals surface area contributed by atoms with Crippen molar-refractivity contribution >= 4 is 17.5 Å². The summed E-state index contributed by atoms with van der Waals surface area (Å²) in [5.74, 6) is 2.57. The van der Waals surface area contributed by atoms with Crippen molar-refractivity contribution in [3.63, 3.8) is 0 Å². The number of nitrogens with one attached hydrogen (secondary N) is 1. The highest BCUT2D eigenvalue weighted by Crippen LogP contribution is 2.40. The van der Waals surface area contributed by atoms with E-state index in [0.29, 0.717) is 60.9 Å². The summed E-state index contributed by atoms with van der Waals surface area (Å²) < 4.78 is 16.1. The molecule has 0 bridgehead atoms. The van der Waals surface area contributed by atoms with Crippen LogP contribution in [0.5, 0.6) is 17.2 Å². The summed E-state index contributed by atoms with van der Waals surface area (Å²) in [5, 5.41) is 2.91. The molecule has 2 amide bonds. The van der Waals surface area contributed by atoms with Gasteiger partial charge in [0.25, 0.3) is 0 Å². The van der Waals surface area contributed by atoms with Gasteiger partial charge in [0.05, 0.1) is 19.3 Å². The van der Waals surface area contributed by atoms with E-state index in [4.69, 9.17) is 14.2 Å². The highest BCUT2D eigenvalue weighted by Gasteiger charge is 2.32. The summed E-state index contributed by atoms with van der Waals surface area (Å²) in [5.41, 5.74) is 0.562. The predicted octanol–water partition coefficient (Wildman–Crippen LogP) is 2.33. The van der Waals surface area contributed by atoms with Crippen molar-refractivity contribution in [3.05, 3.63) is 12.1 Å². The molecule has 1 aliphatic carbocycles. The molecule has 2 atom stereocenters. The maximum Gasteiger partial charge on any atom is 0.238 e. The molecule has 2 aliphatic heterocycles. The number of carbonyl (C=O) groups is 2. The van der Waals surface area contributed by atoms with E-state index in [1.807, 2.05) is 4.90 Å². The SMILES string of the molecule is COc1cc2c(cc1NC(=O)CN1CCN(C(=O)C3CCCCC3C)CC1)OCO2. The van der Waals surface area contributed by atoms with E-state index in [9.17, 15) is 9.59 Å². The van der Waals surface area contributed by atoms with Gasteiger partial charge in [-0.15, -0.1) is 0 Å². The lowest BCUT2D eigenvalue weighted by Crippen LogP contribution is -2.52. The Labute approximate surface area is 177 Å². The molecule has 164 valence electrons. The van der Waals surface area contributed by atoms with E-state index >= 15 is 0 Å². The molecule has 8 nitrogen and oxygen atoms in total. The summed E-state index contributed by atoms with van der Waals surface area (Å²) in [7, 11) is 1.55. The number of methoxy groups -OCH3 is 1. The van der Waals surface area contributed by atoms with Gasteiger partial charge in [-0.3, -0.25) is 14.5 Å². The molecule has 0 spiro atoms. The number of piperazine rings is 1. The summed E-state index contributed by atoms with van der Waals surface area (Å²) in [6.07, 6.45) is 4.56. The minimum atomic E-state index is -0.118. The van der Waals surface area contributed by atoms with Crippen molar-refractivity contribution in [1.82, 2.24) is 9.80 Å². The van der Waals surface area contributed by atoms with Gasteiger partial charge in [0.1, 0.15) is 5.75 Å².